The van der Waals surface area contributed by atoms with E-state index in [4.69, 9.17) is 0 Å². The maximum atomic E-state index is 13.4. The monoisotopic (exact) mass is 424 g/mol. The minimum atomic E-state index is -0.636. The maximum absolute atomic E-state index is 13.4. The van der Waals surface area contributed by atoms with E-state index in [-0.39, 0.29) is 5.91 Å². The molecule has 0 fully saturated rings. The number of rotatable bonds is 4. The highest BCUT2D eigenvalue weighted by molar-refractivity contribution is 6.04. The number of nitrogens with zero attached hydrogens (tertiary/aromatic N) is 3. The van der Waals surface area contributed by atoms with E-state index < -0.39 is 6.67 Å². The van der Waals surface area contributed by atoms with Crippen LogP contribution in [0.5, 0.6) is 0 Å². The molecule has 0 saturated heterocycles. The second-order valence-electron chi connectivity index (χ2n) is 7.42. The predicted octanol–water partition coefficient (Wildman–Crippen LogP) is 5.01. The van der Waals surface area contributed by atoms with Crippen molar-refractivity contribution in [3.05, 3.63) is 107 Å². The first-order chi connectivity index (χ1) is 15.5. The van der Waals surface area contributed by atoms with E-state index in [0.717, 1.165) is 28.1 Å². The summed E-state index contributed by atoms with van der Waals surface area (Å²) in [6.45, 7) is 3.19. The quantitative estimate of drug-likeness (QED) is 0.469. The molecular weight excluding hydrogens is 403 g/mol. The Morgan fingerprint density at radius 1 is 1.12 bits per heavy atom. The number of imidazole rings is 1. The third-order valence-corrected chi connectivity index (χ3v) is 4.90. The van der Waals surface area contributed by atoms with Gasteiger partial charge in [0.25, 0.3) is 5.91 Å². The number of aromatic nitrogens is 3. The van der Waals surface area contributed by atoms with Crippen molar-refractivity contribution in [1.82, 2.24) is 14.5 Å². The Kier molecular flexibility index (Phi) is 6.09. The molecule has 0 unspecified atom stereocenters. The molecule has 0 aliphatic carbocycles. The summed E-state index contributed by atoms with van der Waals surface area (Å²) < 4.78 is 15.2. The first-order valence-electron chi connectivity index (χ1n) is 10.1. The fraction of sp³-hybridized carbons (Fsp3) is 0.115. The van der Waals surface area contributed by atoms with Gasteiger partial charge < -0.3 is 9.88 Å². The second-order valence-corrected chi connectivity index (χ2v) is 7.42. The van der Waals surface area contributed by atoms with Crippen LogP contribution in [0.15, 0.2) is 73.4 Å². The zero-order valence-corrected chi connectivity index (χ0v) is 17.8. The lowest BCUT2D eigenvalue weighted by Crippen LogP contribution is -2.13. The van der Waals surface area contributed by atoms with E-state index in [1.54, 1.807) is 53.6 Å². The van der Waals surface area contributed by atoms with Crippen LogP contribution in [0.2, 0.25) is 0 Å². The molecule has 5 nitrogen and oxygen atoms in total. The van der Waals surface area contributed by atoms with Gasteiger partial charge in [0.2, 0.25) is 0 Å². The van der Waals surface area contributed by atoms with E-state index in [1.807, 2.05) is 38.2 Å². The number of alkyl halides is 1. The van der Waals surface area contributed by atoms with E-state index in [0.29, 0.717) is 16.8 Å². The van der Waals surface area contributed by atoms with Crippen molar-refractivity contribution in [3.8, 4) is 17.5 Å². The number of benzene rings is 2. The van der Waals surface area contributed by atoms with Gasteiger partial charge in [0, 0.05) is 46.7 Å². The number of pyridine rings is 1. The normalized spacial score (nSPS) is 10.3. The number of carbonyl (C=O) groups excluding carboxylic acids is 1. The third kappa shape index (κ3) is 4.90. The van der Waals surface area contributed by atoms with E-state index in [2.05, 4.69) is 27.1 Å². The fourth-order valence-electron chi connectivity index (χ4n) is 3.21. The molecule has 1 amide bonds. The molecule has 0 aliphatic heterocycles. The lowest BCUT2D eigenvalue weighted by molar-refractivity contribution is 0.102. The summed E-state index contributed by atoms with van der Waals surface area (Å²) in [6.07, 6.45) is 6.89. The topological polar surface area (TPSA) is 59.8 Å². The van der Waals surface area contributed by atoms with Crippen molar-refractivity contribution >= 4 is 11.6 Å². The van der Waals surface area contributed by atoms with Gasteiger partial charge in [-0.3, -0.25) is 9.78 Å². The van der Waals surface area contributed by atoms with Crippen molar-refractivity contribution in [2.24, 2.45) is 0 Å². The molecule has 6 heteroatoms. The Morgan fingerprint density at radius 3 is 2.72 bits per heavy atom. The molecular formula is C26H21FN4O. The lowest BCUT2D eigenvalue weighted by Gasteiger charge is -2.11. The molecule has 2 aromatic heterocycles. The standard InChI is InChI=1S/C26H21FN4O/c1-18-5-7-23(12-22(18)8-6-20-4-3-9-28-15-20)26(32)30-24-10-21(14-27)11-25(13-24)31-16-19(2)29-17-31/h3-5,7,9-13,15-17H,14H2,1-2H3,(H,30,32). The fourth-order valence-corrected chi connectivity index (χ4v) is 3.21. The molecule has 0 atom stereocenters. The highest BCUT2D eigenvalue weighted by atomic mass is 19.1. The molecule has 4 rings (SSSR count). The Bertz CT molecular complexity index is 1330. The van der Waals surface area contributed by atoms with Crippen LogP contribution >= 0.6 is 0 Å². The van der Waals surface area contributed by atoms with Crippen LogP contribution in [0.25, 0.3) is 5.69 Å². The number of amides is 1. The number of aryl methyl sites for hydroxylation is 2. The summed E-state index contributed by atoms with van der Waals surface area (Å²) in [7, 11) is 0. The van der Waals surface area contributed by atoms with Crippen molar-refractivity contribution in [2.75, 3.05) is 5.32 Å². The van der Waals surface area contributed by atoms with E-state index >= 15 is 0 Å². The number of halogens is 1. The summed E-state index contributed by atoms with van der Waals surface area (Å²) in [5.74, 6) is 5.88. The van der Waals surface area contributed by atoms with E-state index in [9.17, 15) is 9.18 Å². The molecule has 0 aliphatic rings. The largest absolute Gasteiger partial charge is 0.322 e. The van der Waals surface area contributed by atoms with Crippen molar-refractivity contribution in [1.29, 1.82) is 0 Å². The first kappa shape index (κ1) is 21.0. The van der Waals surface area contributed by atoms with Gasteiger partial charge in [0.05, 0.1) is 12.0 Å². The summed E-state index contributed by atoms with van der Waals surface area (Å²) in [6, 6.07) is 14.2. The van der Waals surface area contributed by atoms with Crippen LogP contribution < -0.4 is 5.32 Å². The van der Waals surface area contributed by atoms with Gasteiger partial charge in [-0.15, -0.1) is 0 Å². The third-order valence-electron chi connectivity index (χ3n) is 4.90. The van der Waals surface area contributed by atoms with Gasteiger partial charge in [0.1, 0.15) is 6.67 Å². The number of nitrogens with one attached hydrogen (secondary N) is 1. The SMILES string of the molecule is Cc1cn(-c2cc(CF)cc(NC(=O)c3ccc(C)c(C#Cc4cccnc4)c3)c2)cn1. The summed E-state index contributed by atoms with van der Waals surface area (Å²) in [5, 5.41) is 2.87. The smallest absolute Gasteiger partial charge is 0.255 e. The average molecular weight is 424 g/mol. The zero-order valence-electron chi connectivity index (χ0n) is 17.8. The second kappa shape index (κ2) is 9.27. The maximum Gasteiger partial charge on any atom is 0.255 e. The molecule has 0 saturated carbocycles. The molecule has 2 aromatic carbocycles. The highest BCUT2D eigenvalue weighted by Crippen LogP contribution is 2.21. The summed E-state index contributed by atoms with van der Waals surface area (Å²) in [4.78, 5) is 21.2. The van der Waals surface area contributed by atoms with Gasteiger partial charge >= 0.3 is 0 Å². The molecule has 0 spiro atoms. The molecule has 0 bridgehead atoms. The van der Waals surface area contributed by atoms with Gasteiger partial charge in [-0.2, -0.15) is 0 Å². The molecule has 2 heterocycles. The molecule has 0 radical (unpaired) electrons. The number of anilines is 1. The van der Waals surface area contributed by atoms with Crippen LogP contribution in [0.4, 0.5) is 10.1 Å². The first-order valence-corrected chi connectivity index (χ1v) is 10.1. The number of carbonyl (C=O) groups is 1. The minimum Gasteiger partial charge on any atom is -0.322 e. The Balaban J connectivity index is 1.60. The van der Waals surface area contributed by atoms with Gasteiger partial charge in [-0.25, -0.2) is 9.37 Å². The Hall–Kier alpha value is -4.24. The molecule has 32 heavy (non-hydrogen) atoms. The lowest BCUT2D eigenvalue weighted by atomic mass is 10.0. The average Bonchev–Trinajstić information content (AvgIpc) is 3.25. The van der Waals surface area contributed by atoms with Gasteiger partial charge in [-0.05, 0) is 67.4 Å². The highest BCUT2D eigenvalue weighted by Gasteiger charge is 2.10. The Labute approximate surface area is 186 Å². The van der Waals surface area contributed by atoms with Gasteiger partial charge in [0.15, 0.2) is 0 Å². The van der Waals surface area contributed by atoms with Crippen LogP contribution in [0.1, 0.15) is 38.3 Å². The Morgan fingerprint density at radius 2 is 2.00 bits per heavy atom. The summed E-state index contributed by atoms with van der Waals surface area (Å²) >= 11 is 0. The molecule has 158 valence electrons. The van der Waals surface area contributed by atoms with Crippen LogP contribution in [-0.2, 0) is 6.67 Å². The number of hydrogen-bond acceptors (Lipinski definition) is 3. The van der Waals surface area contributed by atoms with Crippen LogP contribution in [-0.4, -0.2) is 20.4 Å². The van der Waals surface area contributed by atoms with Crippen LogP contribution in [0.3, 0.4) is 0 Å². The van der Waals surface area contributed by atoms with Crippen molar-refractivity contribution < 1.29 is 9.18 Å². The van der Waals surface area contributed by atoms with Crippen LogP contribution in [0, 0.1) is 25.7 Å². The van der Waals surface area contributed by atoms with Crippen molar-refractivity contribution in [2.45, 2.75) is 20.5 Å². The van der Waals surface area contributed by atoms with Gasteiger partial charge in [-0.1, -0.05) is 17.9 Å². The van der Waals surface area contributed by atoms with E-state index in [1.165, 1.54) is 0 Å². The zero-order chi connectivity index (χ0) is 22.5. The molecule has 4 aromatic rings. The summed E-state index contributed by atoms with van der Waals surface area (Å²) in [5.41, 5.74) is 5.54. The number of hydrogen-bond donors (Lipinski definition) is 1. The minimum absolute atomic E-state index is 0.293. The van der Waals surface area contributed by atoms with Crippen molar-refractivity contribution in [3.63, 3.8) is 0 Å². The molecule has 1 N–H and O–H groups in total. The predicted molar refractivity (Wildman–Crippen MR) is 122 cm³/mol.